The van der Waals surface area contributed by atoms with Gasteiger partial charge in [0, 0.05) is 12.6 Å². The van der Waals surface area contributed by atoms with Gasteiger partial charge in [0.05, 0.1) is 6.61 Å². The molecule has 0 aliphatic carbocycles. The van der Waals surface area contributed by atoms with Crippen LogP contribution in [0.2, 0.25) is 0 Å². The standard InChI is InChI=1S/C9H22N2O/c1-4-5-6-11(3)7-9(8-12)10-2/h9-10,12H,4-8H2,1-3H3. The molecule has 2 N–H and O–H groups in total. The van der Waals surface area contributed by atoms with Crippen LogP contribution in [-0.2, 0) is 0 Å². The summed E-state index contributed by atoms with van der Waals surface area (Å²) in [5.41, 5.74) is 0. The summed E-state index contributed by atoms with van der Waals surface area (Å²) in [7, 11) is 3.98. The van der Waals surface area contributed by atoms with Crippen LogP contribution in [0.5, 0.6) is 0 Å². The lowest BCUT2D eigenvalue weighted by Crippen LogP contribution is -2.40. The fourth-order valence-corrected chi connectivity index (χ4v) is 1.14. The summed E-state index contributed by atoms with van der Waals surface area (Å²) in [6, 6.07) is 0.215. The average molecular weight is 174 g/mol. The minimum absolute atomic E-state index is 0.215. The van der Waals surface area contributed by atoms with E-state index in [4.69, 9.17) is 5.11 Å². The molecule has 0 amide bonds. The van der Waals surface area contributed by atoms with Gasteiger partial charge in [0.15, 0.2) is 0 Å². The van der Waals surface area contributed by atoms with E-state index < -0.39 is 0 Å². The van der Waals surface area contributed by atoms with E-state index in [2.05, 4.69) is 24.2 Å². The molecule has 0 aliphatic rings. The van der Waals surface area contributed by atoms with Crippen LogP contribution in [0.15, 0.2) is 0 Å². The molecule has 1 atom stereocenters. The van der Waals surface area contributed by atoms with E-state index in [0.717, 1.165) is 13.1 Å². The van der Waals surface area contributed by atoms with Gasteiger partial charge in [-0.1, -0.05) is 13.3 Å². The number of rotatable bonds is 7. The summed E-state index contributed by atoms with van der Waals surface area (Å²) in [6.07, 6.45) is 2.46. The average Bonchev–Trinajstić information content (AvgIpc) is 2.10. The Labute approximate surface area is 75.8 Å². The van der Waals surface area contributed by atoms with Crippen molar-refractivity contribution >= 4 is 0 Å². The van der Waals surface area contributed by atoms with E-state index in [9.17, 15) is 0 Å². The number of aliphatic hydroxyl groups excluding tert-OH is 1. The highest BCUT2D eigenvalue weighted by Crippen LogP contribution is 1.93. The summed E-state index contributed by atoms with van der Waals surface area (Å²) >= 11 is 0. The minimum Gasteiger partial charge on any atom is -0.395 e. The number of aliphatic hydroxyl groups is 1. The minimum atomic E-state index is 0.215. The number of likely N-dealkylation sites (N-methyl/N-ethyl adjacent to an activating group) is 2. The molecule has 0 saturated carbocycles. The number of unbranched alkanes of at least 4 members (excludes halogenated alkanes) is 1. The van der Waals surface area contributed by atoms with Gasteiger partial charge in [0.1, 0.15) is 0 Å². The molecule has 1 unspecified atom stereocenters. The van der Waals surface area contributed by atoms with Gasteiger partial charge in [-0.05, 0) is 27.1 Å². The lowest BCUT2D eigenvalue weighted by Gasteiger charge is -2.21. The third-order valence-corrected chi connectivity index (χ3v) is 2.05. The predicted molar refractivity (Wildman–Crippen MR) is 52.3 cm³/mol. The van der Waals surface area contributed by atoms with E-state index in [1.807, 2.05) is 7.05 Å². The first-order valence-electron chi connectivity index (χ1n) is 4.71. The zero-order valence-corrected chi connectivity index (χ0v) is 8.51. The SMILES string of the molecule is CCCCN(C)CC(CO)NC. The van der Waals surface area contributed by atoms with Gasteiger partial charge in [-0.15, -0.1) is 0 Å². The highest BCUT2D eigenvalue weighted by Gasteiger charge is 2.06. The van der Waals surface area contributed by atoms with Gasteiger partial charge in [0.2, 0.25) is 0 Å². The van der Waals surface area contributed by atoms with Crippen molar-refractivity contribution in [1.29, 1.82) is 0 Å². The lowest BCUT2D eigenvalue weighted by atomic mass is 10.2. The molecule has 12 heavy (non-hydrogen) atoms. The summed E-state index contributed by atoms with van der Waals surface area (Å²) < 4.78 is 0. The summed E-state index contributed by atoms with van der Waals surface area (Å²) in [4.78, 5) is 2.25. The molecule has 0 aliphatic heterocycles. The maximum atomic E-state index is 8.91. The first-order chi connectivity index (χ1) is 5.74. The second-order valence-electron chi connectivity index (χ2n) is 3.28. The molecule has 0 rings (SSSR count). The van der Waals surface area contributed by atoms with E-state index in [1.54, 1.807) is 0 Å². The molecule has 3 nitrogen and oxygen atoms in total. The van der Waals surface area contributed by atoms with E-state index in [1.165, 1.54) is 12.8 Å². The summed E-state index contributed by atoms with van der Waals surface area (Å²) in [5, 5.41) is 12.0. The van der Waals surface area contributed by atoms with Gasteiger partial charge >= 0.3 is 0 Å². The predicted octanol–water partition coefficient (Wildman–Crippen LogP) is 0.299. The molecule has 3 heteroatoms. The van der Waals surface area contributed by atoms with Crippen molar-refractivity contribution < 1.29 is 5.11 Å². The molecule has 0 fully saturated rings. The summed E-state index contributed by atoms with van der Waals surface area (Å²) in [5.74, 6) is 0. The van der Waals surface area contributed by atoms with Crippen molar-refractivity contribution in [1.82, 2.24) is 10.2 Å². The number of hydrogen-bond acceptors (Lipinski definition) is 3. The summed E-state index contributed by atoms with van der Waals surface area (Å²) in [6.45, 7) is 4.45. The van der Waals surface area contributed by atoms with Crippen LogP contribution in [0.3, 0.4) is 0 Å². The van der Waals surface area contributed by atoms with Crippen molar-refractivity contribution in [2.24, 2.45) is 0 Å². The van der Waals surface area contributed by atoms with Gasteiger partial charge in [-0.3, -0.25) is 0 Å². The van der Waals surface area contributed by atoms with Gasteiger partial charge < -0.3 is 15.3 Å². The molecule has 0 aromatic carbocycles. The normalized spacial score (nSPS) is 13.8. The van der Waals surface area contributed by atoms with Crippen molar-refractivity contribution in [2.45, 2.75) is 25.8 Å². The number of nitrogens with zero attached hydrogens (tertiary/aromatic N) is 1. The Balaban J connectivity index is 3.44. The fraction of sp³-hybridized carbons (Fsp3) is 1.00. The molecular weight excluding hydrogens is 152 g/mol. The fourth-order valence-electron chi connectivity index (χ4n) is 1.14. The molecule has 74 valence electrons. The molecule has 0 saturated heterocycles. The van der Waals surface area contributed by atoms with Crippen LogP contribution in [0, 0.1) is 0 Å². The third-order valence-electron chi connectivity index (χ3n) is 2.05. The molecule has 0 aromatic heterocycles. The topological polar surface area (TPSA) is 35.5 Å². The Kier molecular flexibility index (Phi) is 7.45. The Morgan fingerprint density at radius 2 is 2.17 bits per heavy atom. The molecule has 0 spiro atoms. The lowest BCUT2D eigenvalue weighted by molar-refractivity contribution is 0.203. The maximum absolute atomic E-state index is 8.91. The molecular formula is C9H22N2O. The molecule has 0 heterocycles. The molecule has 0 bridgehead atoms. The van der Waals surface area contributed by atoms with E-state index in [0.29, 0.717) is 0 Å². The Hall–Kier alpha value is -0.120. The van der Waals surface area contributed by atoms with Crippen LogP contribution < -0.4 is 5.32 Å². The van der Waals surface area contributed by atoms with Crippen LogP contribution in [0.4, 0.5) is 0 Å². The monoisotopic (exact) mass is 174 g/mol. The molecule has 0 aromatic rings. The first kappa shape index (κ1) is 11.9. The van der Waals surface area contributed by atoms with Gasteiger partial charge in [-0.2, -0.15) is 0 Å². The largest absolute Gasteiger partial charge is 0.395 e. The Morgan fingerprint density at radius 3 is 2.58 bits per heavy atom. The highest BCUT2D eigenvalue weighted by molar-refractivity contribution is 4.66. The van der Waals surface area contributed by atoms with Crippen LogP contribution in [0.25, 0.3) is 0 Å². The van der Waals surface area contributed by atoms with Crippen molar-refractivity contribution in [3.63, 3.8) is 0 Å². The van der Waals surface area contributed by atoms with Crippen LogP contribution in [0.1, 0.15) is 19.8 Å². The van der Waals surface area contributed by atoms with Gasteiger partial charge in [-0.25, -0.2) is 0 Å². The third kappa shape index (κ3) is 5.52. The second kappa shape index (κ2) is 7.53. The maximum Gasteiger partial charge on any atom is 0.0597 e. The second-order valence-corrected chi connectivity index (χ2v) is 3.28. The number of nitrogens with one attached hydrogen (secondary N) is 1. The van der Waals surface area contributed by atoms with Gasteiger partial charge in [0.25, 0.3) is 0 Å². The Morgan fingerprint density at radius 1 is 1.50 bits per heavy atom. The van der Waals surface area contributed by atoms with Crippen molar-refractivity contribution in [2.75, 3.05) is 33.8 Å². The smallest absolute Gasteiger partial charge is 0.0597 e. The first-order valence-corrected chi connectivity index (χ1v) is 4.71. The van der Waals surface area contributed by atoms with Crippen LogP contribution >= 0.6 is 0 Å². The Bertz CT molecular complexity index is 94.5. The number of hydrogen-bond donors (Lipinski definition) is 2. The zero-order chi connectivity index (χ0) is 9.40. The van der Waals surface area contributed by atoms with E-state index >= 15 is 0 Å². The van der Waals surface area contributed by atoms with E-state index in [-0.39, 0.29) is 12.6 Å². The highest BCUT2D eigenvalue weighted by atomic mass is 16.3. The molecule has 0 radical (unpaired) electrons. The quantitative estimate of drug-likeness (QED) is 0.582. The van der Waals surface area contributed by atoms with Crippen molar-refractivity contribution in [3.8, 4) is 0 Å². The zero-order valence-electron chi connectivity index (χ0n) is 8.51. The van der Waals surface area contributed by atoms with Crippen molar-refractivity contribution in [3.05, 3.63) is 0 Å². The van der Waals surface area contributed by atoms with Crippen LogP contribution in [-0.4, -0.2) is 49.8 Å².